The van der Waals surface area contributed by atoms with Gasteiger partial charge in [-0.2, -0.15) is 16.5 Å². The van der Waals surface area contributed by atoms with Crippen LogP contribution in [-0.4, -0.2) is 56.4 Å². The van der Waals surface area contributed by atoms with Crippen molar-refractivity contribution in [3.05, 3.63) is 29.8 Å². The number of carbonyl (C=O) groups is 1. The van der Waals surface area contributed by atoms with Crippen LogP contribution in [0.3, 0.4) is 0 Å². The number of carbonyl (C=O) groups excluding carboxylic acids is 1. The predicted molar refractivity (Wildman–Crippen MR) is 109 cm³/mol. The summed E-state index contributed by atoms with van der Waals surface area (Å²) in [5.41, 5.74) is 6.94. The van der Waals surface area contributed by atoms with Crippen molar-refractivity contribution in [2.24, 2.45) is 5.73 Å². The summed E-state index contributed by atoms with van der Waals surface area (Å²) in [4.78, 5) is 14.7. The minimum atomic E-state index is -3.74. The maximum atomic E-state index is 12.8. The number of piperidine rings is 1. The molecule has 0 saturated carbocycles. The Bertz CT molecular complexity index is 683. The number of sulfonamides is 1. The molecule has 1 amide bonds. The Morgan fingerprint density at radius 3 is 2.62 bits per heavy atom. The summed E-state index contributed by atoms with van der Waals surface area (Å²) in [6.07, 6.45) is 4.14. The molecule has 2 unspecified atom stereocenters. The second-order valence-corrected chi connectivity index (χ2v) is 9.15. The van der Waals surface area contributed by atoms with Crippen LogP contribution in [0.1, 0.15) is 24.8 Å². The third-order valence-electron chi connectivity index (χ3n) is 4.31. The van der Waals surface area contributed by atoms with Crippen LogP contribution in [0.25, 0.3) is 0 Å². The lowest BCUT2D eigenvalue weighted by molar-refractivity contribution is -0.134. The molecule has 0 aromatic heterocycles. The summed E-state index contributed by atoms with van der Waals surface area (Å²) < 4.78 is 27.9. The summed E-state index contributed by atoms with van der Waals surface area (Å²) in [5, 5.41) is 0. The number of aryl methyl sites for hydroxylation is 1. The monoisotopic (exact) mass is 421 g/mol. The van der Waals surface area contributed by atoms with Crippen molar-refractivity contribution in [2.75, 3.05) is 25.1 Å². The number of halogens is 1. The molecule has 1 aromatic carbocycles. The average molecular weight is 422 g/mol. The van der Waals surface area contributed by atoms with Gasteiger partial charge in [0, 0.05) is 19.1 Å². The summed E-state index contributed by atoms with van der Waals surface area (Å²) in [6.45, 7) is 3.02. The molecule has 0 spiro atoms. The maximum Gasteiger partial charge on any atom is 0.241 e. The second-order valence-electron chi connectivity index (χ2n) is 6.45. The zero-order chi connectivity index (χ0) is 18.4. The van der Waals surface area contributed by atoms with Gasteiger partial charge in [-0.1, -0.05) is 17.7 Å². The minimum Gasteiger partial charge on any atom is -0.340 e. The van der Waals surface area contributed by atoms with Gasteiger partial charge < -0.3 is 10.6 Å². The van der Waals surface area contributed by atoms with E-state index < -0.39 is 16.1 Å². The molecule has 1 fully saturated rings. The Morgan fingerprint density at radius 2 is 2.04 bits per heavy atom. The van der Waals surface area contributed by atoms with E-state index in [2.05, 4.69) is 4.72 Å². The van der Waals surface area contributed by atoms with Gasteiger partial charge in [-0.3, -0.25) is 4.79 Å². The lowest BCUT2D eigenvalue weighted by atomic mass is 10.1. The van der Waals surface area contributed by atoms with Gasteiger partial charge in [-0.05, 0) is 50.3 Å². The first kappa shape index (κ1) is 23.2. The Kier molecular flexibility index (Phi) is 9.40. The molecule has 0 aliphatic carbocycles. The number of benzene rings is 1. The van der Waals surface area contributed by atoms with E-state index >= 15 is 0 Å². The van der Waals surface area contributed by atoms with Gasteiger partial charge in [0.25, 0.3) is 0 Å². The highest BCUT2D eigenvalue weighted by Crippen LogP contribution is 2.15. The van der Waals surface area contributed by atoms with Gasteiger partial charge in [0.2, 0.25) is 15.9 Å². The van der Waals surface area contributed by atoms with E-state index in [1.807, 2.05) is 13.2 Å². The third-order valence-corrected chi connectivity index (χ3v) is 6.44. The van der Waals surface area contributed by atoms with E-state index in [0.29, 0.717) is 25.3 Å². The molecule has 6 nitrogen and oxygen atoms in total. The van der Waals surface area contributed by atoms with Gasteiger partial charge >= 0.3 is 0 Å². The molecule has 2 rings (SSSR count). The highest BCUT2D eigenvalue weighted by Gasteiger charge is 2.31. The first-order valence-corrected chi connectivity index (χ1v) is 11.3. The molecule has 1 heterocycles. The minimum absolute atomic E-state index is 0. The molecule has 1 aromatic rings. The van der Waals surface area contributed by atoms with Crippen LogP contribution in [0.5, 0.6) is 0 Å². The Labute approximate surface area is 166 Å². The van der Waals surface area contributed by atoms with E-state index in [-0.39, 0.29) is 29.3 Å². The number of hydrogen-bond acceptors (Lipinski definition) is 5. The van der Waals surface area contributed by atoms with Crippen molar-refractivity contribution in [1.82, 2.24) is 9.62 Å². The fourth-order valence-electron chi connectivity index (χ4n) is 2.87. The predicted octanol–water partition coefficient (Wildman–Crippen LogP) is 1.77. The number of hydrogen-bond donors (Lipinski definition) is 2. The zero-order valence-corrected chi connectivity index (χ0v) is 17.6. The van der Waals surface area contributed by atoms with Crippen molar-refractivity contribution in [1.29, 1.82) is 0 Å². The largest absolute Gasteiger partial charge is 0.340 e. The molecular weight excluding hydrogens is 394 g/mol. The number of nitrogens with zero attached hydrogens (tertiary/aromatic N) is 1. The van der Waals surface area contributed by atoms with Gasteiger partial charge in [0.05, 0.1) is 4.90 Å². The lowest BCUT2D eigenvalue weighted by Gasteiger charge is -2.33. The van der Waals surface area contributed by atoms with Crippen LogP contribution < -0.4 is 10.5 Å². The molecule has 3 N–H and O–H groups in total. The maximum absolute atomic E-state index is 12.8. The van der Waals surface area contributed by atoms with Crippen LogP contribution in [0, 0.1) is 6.92 Å². The number of nitrogens with one attached hydrogen (secondary N) is 1. The molecular formula is C17H28ClN3O3S2. The van der Waals surface area contributed by atoms with Crippen LogP contribution in [-0.2, 0) is 14.8 Å². The number of nitrogens with two attached hydrogens (primary N) is 1. The number of amides is 1. The first-order chi connectivity index (χ1) is 11.8. The fourth-order valence-corrected chi connectivity index (χ4v) is 4.57. The molecule has 9 heteroatoms. The normalized spacial score (nSPS) is 18.9. The van der Waals surface area contributed by atoms with Crippen molar-refractivity contribution in [2.45, 2.75) is 43.2 Å². The van der Waals surface area contributed by atoms with Crippen molar-refractivity contribution >= 4 is 40.1 Å². The van der Waals surface area contributed by atoms with Crippen LogP contribution in [0.4, 0.5) is 0 Å². The van der Waals surface area contributed by atoms with E-state index in [0.717, 1.165) is 18.4 Å². The van der Waals surface area contributed by atoms with Gasteiger partial charge in [-0.25, -0.2) is 8.42 Å². The topological polar surface area (TPSA) is 92.5 Å². The summed E-state index contributed by atoms with van der Waals surface area (Å²) in [6, 6.07) is 5.82. The summed E-state index contributed by atoms with van der Waals surface area (Å²) in [5.74, 6) is 0.520. The van der Waals surface area contributed by atoms with E-state index in [1.54, 1.807) is 40.9 Å². The SMILES string of the molecule is CSCCC(NS(=O)(=O)c1ccc(C)cc1)C(=O)N1CCCC(N)C1.Cl. The molecule has 1 saturated heterocycles. The van der Waals surface area contributed by atoms with Crippen molar-refractivity contribution in [3.8, 4) is 0 Å². The second kappa shape index (κ2) is 10.5. The first-order valence-electron chi connectivity index (χ1n) is 8.46. The molecule has 2 atom stereocenters. The van der Waals surface area contributed by atoms with Crippen molar-refractivity contribution < 1.29 is 13.2 Å². The average Bonchev–Trinajstić information content (AvgIpc) is 2.58. The van der Waals surface area contributed by atoms with E-state index in [1.165, 1.54) is 0 Å². The highest BCUT2D eigenvalue weighted by atomic mass is 35.5. The van der Waals surface area contributed by atoms with Crippen LogP contribution in [0.2, 0.25) is 0 Å². The molecule has 148 valence electrons. The zero-order valence-electron chi connectivity index (χ0n) is 15.2. The fraction of sp³-hybridized carbons (Fsp3) is 0.588. The summed E-state index contributed by atoms with van der Waals surface area (Å²) >= 11 is 1.59. The Morgan fingerprint density at radius 1 is 1.38 bits per heavy atom. The van der Waals surface area contributed by atoms with Gasteiger partial charge in [0.1, 0.15) is 6.04 Å². The van der Waals surface area contributed by atoms with Gasteiger partial charge in [-0.15, -0.1) is 12.4 Å². The Balaban J connectivity index is 0.00000338. The molecule has 1 aliphatic heterocycles. The van der Waals surface area contributed by atoms with Crippen LogP contribution in [0.15, 0.2) is 29.2 Å². The smallest absolute Gasteiger partial charge is 0.241 e. The van der Waals surface area contributed by atoms with Gasteiger partial charge in [0.15, 0.2) is 0 Å². The summed E-state index contributed by atoms with van der Waals surface area (Å²) in [7, 11) is -3.74. The molecule has 0 bridgehead atoms. The molecule has 26 heavy (non-hydrogen) atoms. The third kappa shape index (κ3) is 6.42. The number of rotatable bonds is 7. The quantitative estimate of drug-likeness (QED) is 0.699. The highest BCUT2D eigenvalue weighted by molar-refractivity contribution is 7.98. The standard InChI is InChI=1S/C17H27N3O3S2.ClH/c1-13-5-7-15(8-6-13)25(22,23)19-16(9-11-24-2)17(21)20-10-3-4-14(18)12-20;/h5-8,14,16,19H,3-4,9-12,18H2,1-2H3;1H. The van der Waals surface area contributed by atoms with E-state index in [4.69, 9.17) is 5.73 Å². The molecule has 0 radical (unpaired) electrons. The number of thioether (sulfide) groups is 1. The van der Waals surface area contributed by atoms with Crippen LogP contribution >= 0.6 is 24.2 Å². The Hall–Kier alpha value is -0.800. The van der Waals surface area contributed by atoms with E-state index in [9.17, 15) is 13.2 Å². The lowest BCUT2D eigenvalue weighted by Crippen LogP contribution is -2.53. The number of likely N-dealkylation sites (tertiary alicyclic amines) is 1. The molecule has 1 aliphatic rings. The van der Waals surface area contributed by atoms with Crippen molar-refractivity contribution in [3.63, 3.8) is 0 Å².